The number of aromatic amines is 1. The average molecular weight is 364 g/mol. The maximum atomic E-state index is 12.2. The fraction of sp³-hybridized carbons (Fsp3) is 0.267. The molecule has 22 heavy (non-hydrogen) atoms. The van der Waals surface area contributed by atoms with Crippen LogP contribution in [0, 0.1) is 0 Å². The van der Waals surface area contributed by atoms with Crippen molar-refractivity contribution < 1.29 is 14.7 Å². The van der Waals surface area contributed by atoms with Crippen molar-refractivity contribution in [3.05, 3.63) is 45.7 Å². The number of rotatable bonds is 5. The predicted molar refractivity (Wildman–Crippen MR) is 84.0 cm³/mol. The first-order chi connectivity index (χ1) is 10.5. The SMILES string of the molecule is O=C(O)Cc1ccc(NC(=O)c2n[nH]c(C3CC3)c2Br)cc1. The number of nitrogens with zero attached hydrogens (tertiary/aromatic N) is 1. The van der Waals surface area contributed by atoms with Gasteiger partial charge in [-0.3, -0.25) is 14.7 Å². The Balaban J connectivity index is 1.70. The highest BCUT2D eigenvalue weighted by molar-refractivity contribution is 9.10. The van der Waals surface area contributed by atoms with Crippen molar-refractivity contribution in [3.63, 3.8) is 0 Å². The summed E-state index contributed by atoms with van der Waals surface area (Å²) in [4.78, 5) is 22.9. The summed E-state index contributed by atoms with van der Waals surface area (Å²) in [5.74, 6) is -0.718. The minimum Gasteiger partial charge on any atom is -0.481 e. The molecule has 3 rings (SSSR count). The van der Waals surface area contributed by atoms with E-state index in [1.807, 2.05) is 0 Å². The van der Waals surface area contributed by atoms with E-state index in [2.05, 4.69) is 31.4 Å². The number of anilines is 1. The third-order valence-electron chi connectivity index (χ3n) is 3.50. The van der Waals surface area contributed by atoms with E-state index in [-0.39, 0.29) is 12.3 Å². The molecule has 0 spiro atoms. The third-order valence-corrected chi connectivity index (χ3v) is 4.30. The number of H-pyrrole nitrogens is 1. The quantitative estimate of drug-likeness (QED) is 0.760. The normalized spacial score (nSPS) is 13.9. The van der Waals surface area contributed by atoms with E-state index in [1.165, 1.54) is 0 Å². The van der Waals surface area contributed by atoms with Gasteiger partial charge in [-0.1, -0.05) is 12.1 Å². The van der Waals surface area contributed by atoms with E-state index in [9.17, 15) is 9.59 Å². The lowest BCUT2D eigenvalue weighted by atomic mass is 10.1. The molecule has 1 aromatic carbocycles. The largest absolute Gasteiger partial charge is 0.481 e. The molecule has 1 aromatic heterocycles. The molecule has 0 atom stereocenters. The number of aliphatic carboxylic acids is 1. The first kappa shape index (κ1) is 14.8. The van der Waals surface area contributed by atoms with Gasteiger partial charge in [0.05, 0.1) is 16.6 Å². The highest BCUT2D eigenvalue weighted by atomic mass is 79.9. The Bertz CT molecular complexity index is 720. The van der Waals surface area contributed by atoms with Crippen LogP contribution in [0.15, 0.2) is 28.7 Å². The molecule has 0 aliphatic heterocycles. The third kappa shape index (κ3) is 3.19. The summed E-state index contributed by atoms with van der Waals surface area (Å²) in [7, 11) is 0. The molecule has 3 N–H and O–H groups in total. The maximum absolute atomic E-state index is 12.2. The number of amides is 1. The zero-order valence-corrected chi connectivity index (χ0v) is 13.2. The topological polar surface area (TPSA) is 95.1 Å². The Morgan fingerprint density at radius 1 is 1.32 bits per heavy atom. The first-order valence-corrected chi connectivity index (χ1v) is 7.69. The van der Waals surface area contributed by atoms with E-state index >= 15 is 0 Å². The van der Waals surface area contributed by atoms with Gasteiger partial charge in [-0.15, -0.1) is 0 Å². The van der Waals surface area contributed by atoms with E-state index in [0.717, 1.165) is 23.0 Å². The van der Waals surface area contributed by atoms with Crippen molar-refractivity contribution in [2.45, 2.75) is 25.2 Å². The molecule has 7 heteroatoms. The van der Waals surface area contributed by atoms with Gasteiger partial charge in [0, 0.05) is 11.6 Å². The van der Waals surface area contributed by atoms with Gasteiger partial charge in [-0.25, -0.2) is 0 Å². The molecule has 0 radical (unpaired) electrons. The molecular weight excluding hydrogens is 350 g/mol. The molecule has 0 unspecified atom stereocenters. The molecule has 114 valence electrons. The number of nitrogens with one attached hydrogen (secondary N) is 2. The highest BCUT2D eigenvalue weighted by Gasteiger charge is 2.30. The molecule has 0 saturated heterocycles. The van der Waals surface area contributed by atoms with Crippen molar-refractivity contribution in [3.8, 4) is 0 Å². The average Bonchev–Trinajstić information content (AvgIpc) is 3.23. The highest BCUT2D eigenvalue weighted by Crippen LogP contribution is 2.42. The zero-order valence-electron chi connectivity index (χ0n) is 11.6. The fourth-order valence-electron chi connectivity index (χ4n) is 2.21. The van der Waals surface area contributed by atoms with Gasteiger partial charge in [-0.05, 0) is 46.5 Å². The fourth-order valence-corrected chi connectivity index (χ4v) is 2.89. The first-order valence-electron chi connectivity index (χ1n) is 6.90. The van der Waals surface area contributed by atoms with Crippen LogP contribution in [0.2, 0.25) is 0 Å². The number of carbonyl (C=O) groups is 2. The molecule has 1 fully saturated rings. The number of carboxylic acid groups (broad SMARTS) is 1. The Kier molecular flexibility index (Phi) is 3.98. The maximum Gasteiger partial charge on any atom is 0.307 e. The number of hydrogen-bond donors (Lipinski definition) is 3. The summed E-state index contributed by atoms with van der Waals surface area (Å²) in [6.45, 7) is 0. The van der Waals surface area contributed by atoms with Crippen LogP contribution in [-0.2, 0) is 11.2 Å². The number of hydrogen-bond acceptors (Lipinski definition) is 3. The second-order valence-corrected chi connectivity index (χ2v) is 6.09. The second kappa shape index (κ2) is 5.92. The molecule has 0 bridgehead atoms. The lowest BCUT2D eigenvalue weighted by molar-refractivity contribution is -0.136. The van der Waals surface area contributed by atoms with Gasteiger partial charge in [-0.2, -0.15) is 5.10 Å². The van der Waals surface area contributed by atoms with Crippen molar-refractivity contribution >= 4 is 33.5 Å². The van der Waals surface area contributed by atoms with Crippen LogP contribution >= 0.6 is 15.9 Å². The summed E-state index contributed by atoms with van der Waals surface area (Å²) in [6, 6.07) is 6.72. The molecule has 1 saturated carbocycles. The summed E-state index contributed by atoms with van der Waals surface area (Å²) >= 11 is 3.42. The summed E-state index contributed by atoms with van der Waals surface area (Å²) in [5, 5.41) is 18.5. The van der Waals surface area contributed by atoms with Crippen LogP contribution in [0.4, 0.5) is 5.69 Å². The monoisotopic (exact) mass is 363 g/mol. The molecular formula is C15H14BrN3O3. The molecule has 6 nitrogen and oxygen atoms in total. The standard InChI is InChI=1S/C15H14BrN3O3/c16-12-13(9-3-4-9)18-19-14(12)15(22)17-10-5-1-8(2-6-10)7-11(20)21/h1-2,5-6,9H,3-4,7H2,(H,17,22)(H,18,19)(H,20,21). The number of halogens is 1. The van der Waals surface area contributed by atoms with E-state index < -0.39 is 5.97 Å². The number of carbonyl (C=O) groups excluding carboxylic acids is 1. The van der Waals surface area contributed by atoms with Gasteiger partial charge in [0.1, 0.15) is 0 Å². The number of aromatic nitrogens is 2. The molecule has 1 aliphatic carbocycles. The van der Waals surface area contributed by atoms with Crippen LogP contribution in [-0.4, -0.2) is 27.2 Å². The number of carboxylic acids is 1. The molecule has 2 aromatic rings. The number of benzene rings is 1. The van der Waals surface area contributed by atoms with Gasteiger partial charge in [0.25, 0.3) is 5.91 Å². The van der Waals surface area contributed by atoms with Crippen LogP contribution in [0.3, 0.4) is 0 Å². The minimum absolute atomic E-state index is 0.0378. The molecule has 1 aliphatic rings. The second-order valence-electron chi connectivity index (χ2n) is 5.30. The summed E-state index contributed by atoms with van der Waals surface area (Å²) in [6.07, 6.45) is 2.20. The van der Waals surface area contributed by atoms with Crippen molar-refractivity contribution in [2.24, 2.45) is 0 Å². The van der Waals surface area contributed by atoms with Crippen LogP contribution in [0.1, 0.15) is 40.5 Å². The zero-order chi connectivity index (χ0) is 15.7. The minimum atomic E-state index is -0.884. The van der Waals surface area contributed by atoms with E-state index in [4.69, 9.17) is 5.11 Å². The molecule has 1 amide bonds. The van der Waals surface area contributed by atoms with Gasteiger partial charge < -0.3 is 10.4 Å². The lowest BCUT2D eigenvalue weighted by Crippen LogP contribution is -2.13. The Hall–Kier alpha value is -2.15. The Labute approximate surface area is 135 Å². The Morgan fingerprint density at radius 2 is 2.00 bits per heavy atom. The van der Waals surface area contributed by atoms with Gasteiger partial charge >= 0.3 is 5.97 Å². The van der Waals surface area contributed by atoms with Crippen LogP contribution in [0.25, 0.3) is 0 Å². The predicted octanol–water partition coefficient (Wildman–Crippen LogP) is 2.93. The summed E-state index contributed by atoms with van der Waals surface area (Å²) < 4.78 is 0.718. The lowest BCUT2D eigenvalue weighted by Gasteiger charge is -2.05. The van der Waals surface area contributed by atoms with Gasteiger partial charge in [0.15, 0.2) is 5.69 Å². The van der Waals surface area contributed by atoms with E-state index in [0.29, 0.717) is 22.9 Å². The van der Waals surface area contributed by atoms with Crippen molar-refractivity contribution in [1.82, 2.24) is 10.2 Å². The molecule has 1 heterocycles. The van der Waals surface area contributed by atoms with Crippen LogP contribution < -0.4 is 5.32 Å². The van der Waals surface area contributed by atoms with Crippen molar-refractivity contribution in [2.75, 3.05) is 5.32 Å². The van der Waals surface area contributed by atoms with Crippen LogP contribution in [0.5, 0.6) is 0 Å². The summed E-state index contributed by atoms with van der Waals surface area (Å²) in [5.41, 5.74) is 2.59. The smallest absolute Gasteiger partial charge is 0.307 e. The van der Waals surface area contributed by atoms with E-state index in [1.54, 1.807) is 24.3 Å². The van der Waals surface area contributed by atoms with Gasteiger partial charge in [0.2, 0.25) is 0 Å². The van der Waals surface area contributed by atoms with Crippen molar-refractivity contribution in [1.29, 1.82) is 0 Å². The Morgan fingerprint density at radius 3 is 2.59 bits per heavy atom.